The van der Waals surface area contributed by atoms with E-state index in [1.807, 2.05) is 39.0 Å². The SMILES string of the molecule is CC(C)(C)OC(=O)N1CCC2(CC1)Oc1ccccc1-c1nc(C3CCSC(C)(C)C3)[nH]c12. The highest BCUT2D eigenvalue weighted by Gasteiger charge is 2.47. The molecular weight excluding hydrogens is 434 g/mol. The Bertz CT molecular complexity index is 1050. The van der Waals surface area contributed by atoms with Gasteiger partial charge >= 0.3 is 6.09 Å². The van der Waals surface area contributed by atoms with E-state index in [4.69, 9.17) is 14.5 Å². The van der Waals surface area contributed by atoms with E-state index in [0.29, 0.717) is 31.8 Å². The molecule has 1 spiro atoms. The maximum absolute atomic E-state index is 12.6. The normalized spacial score (nSPS) is 23.4. The van der Waals surface area contributed by atoms with Gasteiger partial charge in [0.2, 0.25) is 0 Å². The minimum atomic E-state index is -0.496. The molecule has 6 nitrogen and oxygen atoms in total. The van der Waals surface area contributed by atoms with Crippen LogP contribution in [-0.4, -0.2) is 50.2 Å². The zero-order valence-electron chi connectivity index (χ0n) is 20.4. The Morgan fingerprint density at radius 3 is 2.67 bits per heavy atom. The molecule has 2 saturated heterocycles. The van der Waals surface area contributed by atoms with Gasteiger partial charge in [-0.1, -0.05) is 26.0 Å². The molecule has 1 aromatic heterocycles. The molecule has 2 fully saturated rings. The van der Waals surface area contributed by atoms with Gasteiger partial charge in [-0.3, -0.25) is 0 Å². The first kappa shape index (κ1) is 22.6. The number of piperidine rings is 1. The van der Waals surface area contributed by atoms with E-state index in [1.165, 1.54) is 0 Å². The van der Waals surface area contributed by atoms with Crippen molar-refractivity contribution in [3.63, 3.8) is 0 Å². The van der Waals surface area contributed by atoms with Crippen LogP contribution in [0.15, 0.2) is 24.3 Å². The highest BCUT2D eigenvalue weighted by Crippen LogP contribution is 2.50. The second-order valence-corrected chi connectivity index (χ2v) is 13.0. The van der Waals surface area contributed by atoms with Crippen LogP contribution in [0.5, 0.6) is 5.75 Å². The van der Waals surface area contributed by atoms with Gasteiger partial charge in [0.25, 0.3) is 0 Å². The van der Waals surface area contributed by atoms with Gasteiger partial charge in [-0.15, -0.1) is 0 Å². The van der Waals surface area contributed by atoms with Crippen LogP contribution >= 0.6 is 11.8 Å². The Kier molecular flexibility index (Phi) is 5.46. The lowest BCUT2D eigenvalue weighted by Gasteiger charge is -2.43. The molecule has 0 aliphatic carbocycles. The van der Waals surface area contributed by atoms with Crippen LogP contribution < -0.4 is 4.74 Å². The number of nitrogens with zero attached hydrogens (tertiary/aromatic N) is 2. The molecule has 3 aliphatic heterocycles. The maximum atomic E-state index is 12.6. The number of carbonyl (C=O) groups excluding carboxylic acids is 1. The number of hydrogen-bond acceptors (Lipinski definition) is 5. The lowest BCUT2D eigenvalue weighted by Crippen LogP contribution is -2.50. The second kappa shape index (κ2) is 7.97. The molecule has 33 heavy (non-hydrogen) atoms. The zero-order valence-corrected chi connectivity index (χ0v) is 21.2. The average molecular weight is 470 g/mol. The number of hydrogen-bond donors (Lipinski definition) is 1. The van der Waals surface area contributed by atoms with Crippen molar-refractivity contribution in [3.8, 4) is 17.0 Å². The molecule has 1 N–H and O–H groups in total. The van der Waals surface area contributed by atoms with Crippen molar-refractivity contribution in [1.29, 1.82) is 0 Å². The number of amides is 1. The summed E-state index contributed by atoms with van der Waals surface area (Å²) in [5.74, 6) is 3.56. The van der Waals surface area contributed by atoms with Crippen LogP contribution in [0.1, 0.15) is 77.7 Å². The van der Waals surface area contributed by atoms with Crippen LogP contribution in [0.2, 0.25) is 0 Å². The summed E-state index contributed by atoms with van der Waals surface area (Å²) in [6.45, 7) is 11.6. The number of aromatic amines is 1. The number of aromatic nitrogens is 2. The lowest BCUT2D eigenvalue weighted by atomic mass is 9.83. The monoisotopic (exact) mass is 469 g/mol. The fourth-order valence-electron chi connectivity index (χ4n) is 5.32. The standard InChI is InChI=1S/C26H35N3O3S/c1-24(2,3)32-23(30)29-13-11-26(12-14-29)21-20(18-8-6-7-9-19(18)31-26)27-22(28-21)17-10-15-33-25(4,5)16-17/h6-9,17H,10-16H2,1-5H3,(H,27,28). The number of carbonyl (C=O) groups is 1. The first-order valence-corrected chi connectivity index (χ1v) is 13.0. The van der Waals surface area contributed by atoms with Crippen LogP contribution in [0.4, 0.5) is 4.79 Å². The summed E-state index contributed by atoms with van der Waals surface area (Å²) in [5.41, 5.74) is 2.17. The van der Waals surface area contributed by atoms with Gasteiger partial charge in [-0.25, -0.2) is 9.78 Å². The molecule has 5 rings (SSSR count). The molecule has 7 heteroatoms. The topological polar surface area (TPSA) is 67.4 Å². The number of nitrogens with one attached hydrogen (secondary N) is 1. The Hall–Kier alpha value is -2.15. The summed E-state index contributed by atoms with van der Waals surface area (Å²) >= 11 is 2.05. The van der Waals surface area contributed by atoms with E-state index in [9.17, 15) is 4.79 Å². The van der Waals surface area contributed by atoms with Crippen LogP contribution in [0.25, 0.3) is 11.3 Å². The molecule has 0 radical (unpaired) electrons. The van der Waals surface area contributed by atoms with Crippen molar-refractivity contribution < 1.29 is 14.3 Å². The van der Waals surface area contributed by atoms with Gasteiger partial charge in [-0.2, -0.15) is 11.8 Å². The van der Waals surface area contributed by atoms with Gasteiger partial charge in [0.1, 0.15) is 17.2 Å². The average Bonchev–Trinajstić information content (AvgIpc) is 3.19. The molecule has 1 unspecified atom stereocenters. The summed E-state index contributed by atoms with van der Waals surface area (Å²) < 4.78 is 12.6. The van der Waals surface area contributed by atoms with Gasteiger partial charge in [0, 0.05) is 42.2 Å². The Morgan fingerprint density at radius 1 is 1.24 bits per heavy atom. The van der Waals surface area contributed by atoms with E-state index in [0.717, 1.165) is 47.1 Å². The highest BCUT2D eigenvalue weighted by atomic mass is 32.2. The summed E-state index contributed by atoms with van der Waals surface area (Å²) in [4.78, 5) is 23.4. The number of likely N-dealkylation sites (tertiary alicyclic amines) is 1. The zero-order chi connectivity index (χ0) is 23.4. The third-order valence-electron chi connectivity index (χ3n) is 6.93. The number of rotatable bonds is 1. The number of imidazole rings is 1. The molecule has 1 atom stereocenters. The Labute approximate surface area is 200 Å². The van der Waals surface area contributed by atoms with Gasteiger partial charge in [0.05, 0.1) is 11.4 Å². The van der Waals surface area contributed by atoms with Crippen LogP contribution in [-0.2, 0) is 10.3 Å². The number of ether oxygens (including phenoxy) is 2. The molecule has 0 saturated carbocycles. The minimum absolute atomic E-state index is 0.249. The summed E-state index contributed by atoms with van der Waals surface area (Å²) in [6.07, 6.45) is 3.43. The molecule has 1 aromatic carbocycles. The number of para-hydroxylation sites is 1. The van der Waals surface area contributed by atoms with Crippen molar-refractivity contribution in [2.45, 2.75) is 82.2 Å². The predicted molar refractivity (Wildman–Crippen MR) is 132 cm³/mol. The predicted octanol–water partition coefficient (Wildman–Crippen LogP) is 6.08. The fraction of sp³-hybridized carbons (Fsp3) is 0.615. The van der Waals surface area contributed by atoms with Crippen molar-refractivity contribution >= 4 is 17.9 Å². The smallest absolute Gasteiger partial charge is 0.410 e. The lowest BCUT2D eigenvalue weighted by molar-refractivity contribution is -0.0236. The third kappa shape index (κ3) is 4.36. The maximum Gasteiger partial charge on any atom is 0.410 e. The van der Waals surface area contributed by atoms with Crippen LogP contribution in [0.3, 0.4) is 0 Å². The first-order valence-electron chi connectivity index (χ1n) is 12.1. The van der Waals surface area contributed by atoms with Gasteiger partial charge in [-0.05, 0) is 51.5 Å². The number of fused-ring (bicyclic) bond motifs is 4. The van der Waals surface area contributed by atoms with Crippen molar-refractivity contribution in [2.24, 2.45) is 0 Å². The van der Waals surface area contributed by atoms with E-state index in [1.54, 1.807) is 4.90 Å². The van der Waals surface area contributed by atoms with E-state index in [2.05, 4.69) is 36.7 Å². The minimum Gasteiger partial charge on any atom is -0.480 e. The summed E-state index contributed by atoms with van der Waals surface area (Å²) in [6, 6.07) is 8.20. The van der Waals surface area contributed by atoms with Crippen molar-refractivity contribution in [2.75, 3.05) is 18.8 Å². The first-order chi connectivity index (χ1) is 15.6. The number of thioether (sulfide) groups is 1. The molecule has 178 valence electrons. The quantitative estimate of drug-likeness (QED) is 0.548. The van der Waals surface area contributed by atoms with Crippen molar-refractivity contribution in [1.82, 2.24) is 14.9 Å². The largest absolute Gasteiger partial charge is 0.480 e. The van der Waals surface area contributed by atoms with E-state index >= 15 is 0 Å². The molecule has 1 amide bonds. The van der Waals surface area contributed by atoms with Crippen LogP contribution in [0, 0.1) is 0 Å². The summed E-state index contributed by atoms with van der Waals surface area (Å²) in [5, 5.41) is 0. The highest BCUT2D eigenvalue weighted by molar-refractivity contribution is 8.00. The van der Waals surface area contributed by atoms with E-state index < -0.39 is 11.2 Å². The molecule has 2 aromatic rings. The fourth-order valence-corrected chi connectivity index (χ4v) is 6.59. The third-order valence-corrected chi connectivity index (χ3v) is 8.32. The van der Waals surface area contributed by atoms with E-state index in [-0.39, 0.29) is 10.8 Å². The molecule has 4 heterocycles. The second-order valence-electron chi connectivity index (χ2n) is 11.2. The number of benzene rings is 1. The molecular formula is C26H35N3O3S. The molecule has 3 aliphatic rings. The van der Waals surface area contributed by atoms with Crippen molar-refractivity contribution in [3.05, 3.63) is 35.8 Å². The van der Waals surface area contributed by atoms with Gasteiger partial charge in [0.15, 0.2) is 5.60 Å². The molecule has 0 bridgehead atoms. The summed E-state index contributed by atoms with van der Waals surface area (Å²) in [7, 11) is 0. The Balaban J connectivity index is 1.45. The number of H-pyrrole nitrogens is 1. The Morgan fingerprint density at radius 2 is 1.97 bits per heavy atom. The van der Waals surface area contributed by atoms with Gasteiger partial charge < -0.3 is 19.4 Å².